The molecule has 106 valence electrons. The van der Waals surface area contributed by atoms with Crippen molar-refractivity contribution in [3.8, 4) is 0 Å². The minimum Gasteiger partial charge on any atom is -0.478 e. The van der Waals surface area contributed by atoms with E-state index in [0.717, 1.165) is 38.0 Å². The van der Waals surface area contributed by atoms with E-state index in [0.29, 0.717) is 6.10 Å². The smallest absolute Gasteiger partial charge is 0.338 e. The molecule has 0 bridgehead atoms. The van der Waals surface area contributed by atoms with Crippen LogP contribution >= 0.6 is 0 Å². The van der Waals surface area contributed by atoms with Crippen LogP contribution in [0.2, 0.25) is 0 Å². The molecule has 0 aromatic heterocycles. The van der Waals surface area contributed by atoms with Crippen molar-refractivity contribution >= 4 is 17.9 Å². The SMILES string of the molecule is C1CO1.C=CC(=O)O.CC1CO1.O=C1C=CC(=O)O1. The summed E-state index contributed by atoms with van der Waals surface area (Å²) in [4.78, 5) is 29.1. The fraction of sp³-hybridized carbons (Fsp3) is 0.417. The van der Waals surface area contributed by atoms with Gasteiger partial charge in [0, 0.05) is 18.2 Å². The predicted molar refractivity (Wildman–Crippen MR) is 64.3 cm³/mol. The van der Waals surface area contributed by atoms with Crippen LogP contribution in [0.25, 0.3) is 0 Å². The lowest BCUT2D eigenvalue weighted by Gasteiger charge is -1.80. The molecule has 0 spiro atoms. The van der Waals surface area contributed by atoms with E-state index in [4.69, 9.17) is 9.84 Å². The highest BCUT2D eigenvalue weighted by Crippen LogP contribution is 2.04. The third-order valence-electron chi connectivity index (χ3n) is 1.44. The largest absolute Gasteiger partial charge is 0.478 e. The summed E-state index contributed by atoms with van der Waals surface area (Å²) in [7, 11) is 0. The van der Waals surface area contributed by atoms with Gasteiger partial charge in [0.25, 0.3) is 0 Å². The van der Waals surface area contributed by atoms with Gasteiger partial charge in [-0.05, 0) is 6.92 Å². The maximum absolute atomic E-state index is 9.92. The van der Waals surface area contributed by atoms with E-state index in [1.807, 2.05) is 0 Å². The third-order valence-corrected chi connectivity index (χ3v) is 1.44. The van der Waals surface area contributed by atoms with Gasteiger partial charge in [0.05, 0.1) is 25.9 Å². The fourth-order valence-electron chi connectivity index (χ4n) is 0.399. The Hall–Kier alpha value is -1.99. The Balaban J connectivity index is 0.000000238. The Kier molecular flexibility index (Phi) is 8.94. The molecule has 1 N–H and O–H groups in total. The standard InChI is InChI=1S/C4H2O3.C3H4O2.C3H6O.C2H4O/c5-3-1-2-4(6)7-3;1-2-3(4)5;1-3-2-4-3;1-2-3-1/h1-2H;2H,1H2,(H,4,5);3H,2H2,1H3;1-2H2. The maximum Gasteiger partial charge on any atom is 0.338 e. The molecule has 0 aromatic carbocycles. The number of cyclic esters (lactones) is 2. The quantitative estimate of drug-likeness (QED) is 0.317. The summed E-state index contributed by atoms with van der Waals surface area (Å²) < 4.78 is 13.2. The number of hydrogen-bond acceptors (Lipinski definition) is 6. The van der Waals surface area contributed by atoms with E-state index in [9.17, 15) is 14.4 Å². The molecule has 2 fully saturated rings. The molecule has 3 rings (SSSR count). The van der Waals surface area contributed by atoms with E-state index < -0.39 is 17.9 Å². The zero-order chi connectivity index (χ0) is 14.7. The van der Waals surface area contributed by atoms with Gasteiger partial charge >= 0.3 is 17.9 Å². The number of carboxylic acids is 1. The molecule has 0 aromatic rings. The van der Waals surface area contributed by atoms with Crippen molar-refractivity contribution in [2.45, 2.75) is 13.0 Å². The van der Waals surface area contributed by atoms with Crippen molar-refractivity contribution in [1.29, 1.82) is 0 Å². The van der Waals surface area contributed by atoms with Gasteiger partial charge in [-0.2, -0.15) is 0 Å². The molecule has 1 unspecified atom stereocenters. The summed E-state index contributed by atoms with van der Waals surface area (Å²) >= 11 is 0. The number of epoxide rings is 2. The molecule has 7 nitrogen and oxygen atoms in total. The summed E-state index contributed by atoms with van der Waals surface area (Å²) in [6.45, 7) is 8.00. The molecule has 7 heteroatoms. The van der Waals surface area contributed by atoms with Crippen LogP contribution in [-0.4, -0.2) is 48.9 Å². The molecule has 3 aliphatic rings. The van der Waals surface area contributed by atoms with Gasteiger partial charge in [-0.1, -0.05) is 6.58 Å². The van der Waals surface area contributed by atoms with Crippen LogP contribution < -0.4 is 0 Å². The van der Waals surface area contributed by atoms with Crippen molar-refractivity contribution in [3.05, 3.63) is 24.8 Å². The molecule has 1 atom stereocenters. The first-order valence-corrected chi connectivity index (χ1v) is 5.44. The van der Waals surface area contributed by atoms with Gasteiger partial charge in [0.15, 0.2) is 0 Å². The van der Waals surface area contributed by atoms with Gasteiger partial charge in [-0.15, -0.1) is 0 Å². The van der Waals surface area contributed by atoms with Crippen LogP contribution in [0.5, 0.6) is 0 Å². The number of aliphatic carboxylic acids is 1. The second kappa shape index (κ2) is 9.98. The first-order valence-electron chi connectivity index (χ1n) is 5.44. The molecule has 0 saturated carbocycles. The van der Waals surface area contributed by atoms with Crippen molar-refractivity contribution in [3.63, 3.8) is 0 Å². The number of carbonyl (C=O) groups excluding carboxylic acids is 2. The lowest BCUT2D eigenvalue weighted by molar-refractivity contribution is -0.150. The molecule has 0 amide bonds. The van der Waals surface area contributed by atoms with Crippen molar-refractivity contribution < 1.29 is 33.7 Å². The molecule has 0 aliphatic carbocycles. The molecule has 0 radical (unpaired) electrons. The Morgan fingerprint density at radius 1 is 1.37 bits per heavy atom. The summed E-state index contributed by atoms with van der Waals surface area (Å²) in [5.41, 5.74) is 0. The highest BCUT2D eigenvalue weighted by molar-refractivity contribution is 6.04. The van der Waals surface area contributed by atoms with Crippen molar-refractivity contribution in [1.82, 2.24) is 0 Å². The molecular formula is C12H16O7. The van der Waals surface area contributed by atoms with Gasteiger partial charge in [-0.3, -0.25) is 0 Å². The van der Waals surface area contributed by atoms with Crippen LogP contribution in [0.3, 0.4) is 0 Å². The average molecular weight is 272 g/mol. The zero-order valence-electron chi connectivity index (χ0n) is 10.5. The van der Waals surface area contributed by atoms with E-state index in [2.05, 4.69) is 23.0 Å². The Labute approximate surface area is 110 Å². The Morgan fingerprint density at radius 2 is 1.68 bits per heavy atom. The van der Waals surface area contributed by atoms with Crippen LogP contribution in [0.1, 0.15) is 6.92 Å². The van der Waals surface area contributed by atoms with Gasteiger partial charge in [0.1, 0.15) is 0 Å². The second-order valence-electron chi connectivity index (χ2n) is 3.37. The molecule has 3 heterocycles. The molecule has 2 saturated heterocycles. The summed E-state index contributed by atoms with van der Waals surface area (Å²) in [6.07, 6.45) is 3.59. The fourth-order valence-corrected chi connectivity index (χ4v) is 0.399. The van der Waals surface area contributed by atoms with Crippen LogP contribution in [0.15, 0.2) is 24.8 Å². The third kappa shape index (κ3) is 18.6. The number of carboxylic acid groups (broad SMARTS) is 1. The van der Waals surface area contributed by atoms with Gasteiger partial charge in [-0.25, -0.2) is 14.4 Å². The molecule has 19 heavy (non-hydrogen) atoms. The number of carbonyl (C=O) groups is 3. The summed E-state index contributed by atoms with van der Waals surface area (Å²) in [6, 6.07) is 0. The summed E-state index contributed by atoms with van der Waals surface area (Å²) in [5.74, 6) is -2.14. The predicted octanol–water partition coefficient (Wildman–Crippen LogP) is 0.305. The number of rotatable bonds is 1. The highest BCUT2D eigenvalue weighted by Gasteiger charge is 2.13. The normalized spacial score (nSPS) is 20.4. The molecule has 3 aliphatic heterocycles. The Morgan fingerprint density at radius 3 is 1.74 bits per heavy atom. The maximum atomic E-state index is 9.92. The van der Waals surface area contributed by atoms with E-state index in [-0.39, 0.29) is 0 Å². The van der Waals surface area contributed by atoms with Crippen LogP contribution in [-0.2, 0) is 28.6 Å². The zero-order valence-corrected chi connectivity index (χ0v) is 10.5. The lowest BCUT2D eigenvalue weighted by atomic mass is 10.6. The van der Waals surface area contributed by atoms with Crippen molar-refractivity contribution in [2.75, 3.05) is 19.8 Å². The van der Waals surface area contributed by atoms with Crippen LogP contribution in [0.4, 0.5) is 0 Å². The van der Waals surface area contributed by atoms with E-state index >= 15 is 0 Å². The highest BCUT2D eigenvalue weighted by atomic mass is 16.6. The van der Waals surface area contributed by atoms with Gasteiger partial charge < -0.3 is 19.3 Å². The number of hydrogen-bond donors (Lipinski definition) is 1. The summed E-state index contributed by atoms with van der Waals surface area (Å²) in [5, 5.41) is 7.60. The topological polar surface area (TPSA) is 106 Å². The minimum atomic E-state index is -0.981. The first-order chi connectivity index (χ1) is 8.95. The number of esters is 2. The second-order valence-corrected chi connectivity index (χ2v) is 3.37. The minimum absolute atomic E-state index is 0.579. The average Bonchev–Trinajstić information content (AvgIpc) is 3.24. The Bertz CT molecular complexity index is 334. The monoisotopic (exact) mass is 272 g/mol. The number of ether oxygens (including phenoxy) is 3. The molecular weight excluding hydrogens is 256 g/mol. The lowest BCUT2D eigenvalue weighted by Crippen LogP contribution is -1.96. The van der Waals surface area contributed by atoms with Gasteiger partial charge in [0.2, 0.25) is 0 Å². The van der Waals surface area contributed by atoms with Crippen LogP contribution in [0, 0.1) is 0 Å². The van der Waals surface area contributed by atoms with Crippen molar-refractivity contribution in [2.24, 2.45) is 0 Å². The van der Waals surface area contributed by atoms with E-state index in [1.165, 1.54) is 0 Å². The van der Waals surface area contributed by atoms with E-state index in [1.54, 1.807) is 0 Å². The first kappa shape index (κ1) is 17.0.